The summed E-state index contributed by atoms with van der Waals surface area (Å²) >= 11 is 0. The fraction of sp³-hybridized carbons (Fsp3) is 0.353. The van der Waals surface area contributed by atoms with Crippen molar-refractivity contribution in [3.05, 3.63) is 36.0 Å². The van der Waals surface area contributed by atoms with E-state index in [0.717, 1.165) is 6.42 Å². The van der Waals surface area contributed by atoms with E-state index in [0.29, 0.717) is 29.3 Å². The summed E-state index contributed by atoms with van der Waals surface area (Å²) in [5.74, 6) is 0.401. The number of nitrogens with zero attached hydrogens (tertiary/aromatic N) is 2. The molecule has 2 amide bonds. The van der Waals surface area contributed by atoms with Crippen LogP contribution in [0, 0.1) is 0 Å². The van der Waals surface area contributed by atoms with Crippen LogP contribution in [0.3, 0.4) is 0 Å². The Kier molecular flexibility index (Phi) is 6.51. The van der Waals surface area contributed by atoms with Crippen LogP contribution >= 0.6 is 0 Å². The SMILES string of the molecule is CCCNC(=O)Nc1ccc(-c2nc(N)cc(CS(=O)(=O)CC)n2)cc1. The third-order valence-electron chi connectivity index (χ3n) is 3.54. The minimum absolute atomic E-state index is 0.0344. The zero-order chi connectivity index (χ0) is 19.2. The van der Waals surface area contributed by atoms with Crippen LogP contribution in [0.2, 0.25) is 0 Å². The predicted octanol–water partition coefficient (Wildman–Crippen LogP) is 2.19. The molecule has 26 heavy (non-hydrogen) atoms. The minimum atomic E-state index is -3.22. The van der Waals surface area contributed by atoms with E-state index in [2.05, 4.69) is 20.6 Å². The lowest BCUT2D eigenvalue weighted by atomic mass is 10.2. The van der Waals surface area contributed by atoms with Gasteiger partial charge < -0.3 is 16.4 Å². The van der Waals surface area contributed by atoms with Gasteiger partial charge in [0.2, 0.25) is 0 Å². The summed E-state index contributed by atoms with van der Waals surface area (Å²) in [7, 11) is -3.22. The summed E-state index contributed by atoms with van der Waals surface area (Å²) in [6.45, 7) is 4.16. The van der Waals surface area contributed by atoms with E-state index in [9.17, 15) is 13.2 Å². The molecular formula is C17H23N5O3S. The van der Waals surface area contributed by atoms with E-state index < -0.39 is 9.84 Å². The molecule has 140 valence electrons. The molecule has 0 bridgehead atoms. The summed E-state index contributed by atoms with van der Waals surface area (Å²) in [6, 6.07) is 8.10. The molecule has 0 radical (unpaired) electrons. The van der Waals surface area contributed by atoms with Crippen molar-refractivity contribution in [3.63, 3.8) is 0 Å². The van der Waals surface area contributed by atoms with E-state index in [1.807, 2.05) is 6.92 Å². The Hall–Kier alpha value is -2.68. The van der Waals surface area contributed by atoms with Crippen LogP contribution in [0.1, 0.15) is 26.0 Å². The molecule has 8 nitrogen and oxygen atoms in total. The number of carbonyl (C=O) groups is 1. The van der Waals surface area contributed by atoms with Gasteiger partial charge in [-0.3, -0.25) is 0 Å². The van der Waals surface area contributed by atoms with Crippen molar-refractivity contribution >= 4 is 27.4 Å². The fourth-order valence-corrected chi connectivity index (χ4v) is 2.97. The molecule has 0 saturated carbocycles. The average molecular weight is 377 g/mol. The van der Waals surface area contributed by atoms with Crippen LogP contribution in [0.5, 0.6) is 0 Å². The van der Waals surface area contributed by atoms with Crippen LogP contribution < -0.4 is 16.4 Å². The Labute approximate surface area is 153 Å². The zero-order valence-electron chi connectivity index (χ0n) is 14.8. The van der Waals surface area contributed by atoms with Gasteiger partial charge in [0.05, 0.1) is 11.4 Å². The van der Waals surface area contributed by atoms with Gasteiger partial charge in [-0.2, -0.15) is 0 Å². The maximum atomic E-state index is 11.8. The molecule has 0 aliphatic carbocycles. The molecule has 0 aliphatic rings. The van der Waals surface area contributed by atoms with Gasteiger partial charge in [0, 0.05) is 29.6 Å². The lowest BCUT2D eigenvalue weighted by Crippen LogP contribution is -2.29. The molecule has 2 rings (SSSR count). The number of hydrogen-bond acceptors (Lipinski definition) is 6. The van der Waals surface area contributed by atoms with Gasteiger partial charge in [-0.1, -0.05) is 13.8 Å². The largest absolute Gasteiger partial charge is 0.384 e. The number of aromatic nitrogens is 2. The normalized spacial score (nSPS) is 11.2. The minimum Gasteiger partial charge on any atom is -0.384 e. The van der Waals surface area contributed by atoms with Gasteiger partial charge in [-0.15, -0.1) is 0 Å². The number of nitrogens with one attached hydrogen (secondary N) is 2. The Morgan fingerprint density at radius 2 is 1.85 bits per heavy atom. The second kappa shape index (κ2) is 8.61. The average Bonchev–Trinajstić information content (AvgIpc) is 2.59. The zero-order valence-corrected chi connectivity index (χ0v) is 15.6. The van der Waals surface area contributed by atoms with Crippen molar-refractivity contribution in [1.82, 2.24) is 15.3 Å². The highest BCUT2D eigenvalue weighted by atomic mass is 32.2. The van der Waals surface area contributed by atoms with Gasteiger partial charge >= 0.3 is 6.03 Å². The molecule has 2 aromatic rings. The second-order valence-electron chi connectivity index (χ2n) is 5.74. The molecule has 9 heteroatoms. The van der Waals surface area contributed by atoms with Crippen LogP contribution in [0.25, 0.3) is 11.4 Å². The Bertz CT molecular complexity index is 866. The van der Waals surface area contributed by atoms with Crippen molar-refractivity contribution in [1.29, 1.82) is 0 Å². The van der Waals surface area contributed by atoms with Crippen LogP contribution in [-0.4, -0.2) is 36.7 Å². The Morgan fingerprint density at radius 1 is 1.15 bits per heavy atom. The topological polar surface area (TPSA) is 127 Å². The molecule has 0 aliphatic heterocycles. The molecule has 0 spiro atoms. The number of anilines is 2. The number of sulfone groups is 1. The number of nitrogen functional groups attached to an aromatic ring is 1. The van der Waals surface area contributed by atoms with Gasteiger partial charge in [0.1, 0.15) is 5.82 Å². The van der Waals surface area contributed by atoms with Crippen molar-refractivity contribution in [2.75, 3.05) is 23.3 Å². The summed E-state index contributed by atoms with van der Waals surface area (Å²) in [5.41, 5.74) is 7.44. The number of carbonyl (C=O) groups excluding carboxylic acids is 1. The van der Waals surface area contributed by atoms with Gasteiger partial charge in [-0.25, -0.2) is 23.2 Å². The summed E-state index contributed by atoms with van der Waals surface area (Å²) < 4.78 is 23.6. The van der Waals surface area contributed by atoms with Crippen LogP contribution in [0.4, 0.5) is 16.3 Å². The Morgan fingerprint density at radius 3 is 2.46 bits per heavy atom. The highest BCUT2D eigenvalue weighted by Gasteiger charge is 2.13. The first kappa shape index (κ1) is 19.6. The monoisotopic (exact) mass is 377 g/mol. The van der Waals surface area contributed by atoms with Crippen LogP contribution in [-0.2, 0) is 15.6 Å². The third-order valence-corrected chi connectivity index (χ3v) is 5.16. The first-order valence-electron chi connectivity index (χ1n) is 8.32. The summed E-state index contributed by atoms with van der Waals surface area (Å²) in [4.78, 5) is 20.1. The van der Waals surface area contributed by atoms with E-state index in [1.54, 1.807) is 31.2 Å². The molecule has 1 aromatic heterocycles. The summed E-state index contributed by atoms with van der Waals surface area (Å²) in [5, 5.41) is 5.44. The Balaban J connectivity index is 2.18. The maximum absolute atomic E-state index is 11.8. The van der Waals surface area contributed by atoms with E-state index in [4.69, 9.17) is 5.73 Å². The van der Waals surface area contributed by atoms with Crippen molar-refractivity contribution in [2.24, 2.45) is 0 Å². The summed E-state index contributed by atoms with van der Waals surface area (Å²) in [6.07, 6.45) is 0.856. The molecule has 1 heterocycles. The van der Waals surface area contributed by atoms with Gasteiger partial charge in [-0.05, 0) is 30.7 Å². The van der Waals surface area contributed by atoms with Gasteiger partial charge in [0.15, 0.2) is 15.7 Å². The highest BCUT2D eigenvalue weighted by Crippen LogP contribution is 2.20. The van der Waals surface area contributed by atoms with Crippen molar-refractivity contribution in [2.45, 2.75) is 26.0 Å². The maximum Gasteiger partial charge on any atom is 0.319 e. The molecule has 1 aromatic carbocycles. The quantitative estimate of drug-likeness (QED) is 0.679. The number of urea groups is 1. The first-order valence-corrected chi connectivity index (χ1v) is 10.1. The van der Waals surface area contributed by atoms with Crippen molar-refractivity contribution in [3.8, 4) is 11.4 Å². The van der Waals surface area contributed by atoms with Gasteiger partial charge in [0.25, 0.3) is 0 Å². The smallest absolute Gasteiger partial charge is 0.319 e. The number of rotatable bonds is 7. The number of hydrogen-bond donors (Lipinski definition) is 3. The second-order valence-corrected chi connectivity index (χ2v) is 8.10. The third kappa shape index (κ3) is 5.69. The lowest BCUT2D eigenvalue weighted by Gasteiger charge is -2.09. The molecule has 4 N–H and O–H groups in total. The lowest BCUT2D eigenvalue weighted by molar-refractivity contribution is 0.252. The van der Waals surface area contributed by atoms with E-state index in [-0.39, 0.29) is 23.4 Å². The number of nitrogens with two attached hydrogens (primary N) is 1. The number of benzene rings is 1. The number of amides is 2. The molecule has 0 atom stereocenters. The molecular weight excluding hydrogens is 354 g/mol. The molecule has 0 saturated heterocycles. The molecule has 0 fully saturated rings. The fourth-order valence-electron chi connectivity index (χ4n) is 2.17. The molecule has 0 unspecified atom stereocenters. The predicted molar refractivity (Wildman–Crippen MR) is 102 cm³/mol. The van der Waals surface area contributed by atoms with Crippen LogP contribution in [0.15, 0.2) is 30.3 Å². The highest BCUT2D eigenvalue weighted by molar-refractivity contribution is 7.90. The first-order chi connectivity index (χ1) is 12.3. The standard InChI is InChI=1S/C17H23N5O3S/c1-3-9-19-17(23)21-13-7-5-12(6-8-13)16-20-14(10-15(18)22-16)11-26(24,25)4-2/h5-8,10H,3-4,9,11H2,1-2H3,(H2,18,20,22)(H2,19,21,23). The van der Waals surface area contributed by atoms with E-state index in [1.165, 1.54) is 6.07 Å². The van der Waals surface area contributed by atoms with Crippen molar-refractivity contribution < 1.29 is 13.2 Å². The van der Waals surface area contributed by atoms with E-state index >= 15 is 0 Å².